The number of unbranched alkanes of at least 4 members (excludes halogenated alkanes) is 11. The number of carboxylic acids is 1. The standard InChI is InChI=1S/C18H34O2.Sn.2H/c1-2-3-4-5-6-7-8-9-10-11-12-13-14-15-16-17-18(19)20;;;/h9-10H,2-8,11-17H2,1H3,(H,19,20);;;. The topological polar surface area (TPSA) is 37.3 Å². The Morgan fingerprint density at radius 1 is 0.762 bits per heavy atom. The summed E-state index contributed by atoms with van der Waals surface area (Å²) < 4.78 is 0. The third-order valence-electron chi connectivity index (χ3n) is 3.65. The molecule has 0 spiro atoms. The van der Waals surface area contributed by atoms with E-state index < -0.39 is 5.97 Å². The van der Waals surface area contributed by atoms with Crippen LogP contribution in [0.15, 0.2) is 12.2 Å². The molecule has 3 heteroatoms. The summed E-state index contributed by atoms with van der Waals surface area (Å²) in [7, 11) is 0. The zero-order valence-electron chi connectivity index (χ0n) is 14.1. The monoisotopic (exact) mass is 404 g/mol. The van der Waals surface area contributed by atoms with Gasteiger partial charge in [0, 0.05) is 6.42 Å². The zero-order valence-corrected chi connectivity index (χ0v) is 18.2. The van der Waals surface area contributed by atoms with E-state index in [2.05, 4.69) is 19.1 Å². The van der Waals surface area contributed by atoms with Crippen molar-refractivity contribution in [2.45, 2.75) is 96.8 Å². The van der Waals surface area contributed by atoms with Crippen molar-refractivity contribution in [2.75, 3.05) is 0 Å². The number of carboxylic acid groups (broad SMARTS) is 1. The summed E-state index contributed by atoms with van der Waals surface area (Å²) in [5, 5.41) is 8.51. The number of rotatable bonds is 15. The number of carbonyl (C=O) groups is 1. The van der Waals surface area contributed by atoms with Crippen LogP contribution in [0.25, 0.3) is 0 Å². The second kappa shape index (κ2) is 20.0. The minimum absolute atomic E-state index is 0. The summed E-state index contributed by atoms with van der Waals surface area (Å²) in [4.78, 5) is 10.3. The first-order chi connectivity index (χ1) is 9.77. The van der Waals surface area contributed by atoms with Gasteiger partial charge in [-0.25, -0.2) is 0 Å². The van der Waals surface area contributed by atoms with E-state index in [0.29, 0.717) is 6.42 Å². The Bertz CT molecular complexity index is 239. The van der Waals surface area contributed by atoms with E-state index in [4.69, 9.17) is 5.11 Å². The van der Waals surface area contributed by atoms with Gasteiger partial charge in [0.2, 0.25) is 0 Å². The average molecular weight is 403 g/mol. The number of hydrogen-bond donors (Lipinski definition) is 1. The van der Waals surface area contributed by atoms with Crippen LogP contribution in [0.2, 0.25) is 0 Å². The van der Waals surface area contributed by atoms with Crippen LogP contribution in [0, 0.1) is 0 Å². The molecule has 0 aromatic heterocycles. The van der Waals surface area contributed by atoms with Crippen molar-refractivity contribution in [3.63, 3.8) is 0 Å². The van der Waals surface area contributed by atoms with Crippen LogP contribution in [-0.2, 0) is 4.79 Å². The van der Waals surface area contributed by atoms with Gasteiger partial charge >= 0.3 is 29.9 Å². The Hall–Kier alpha value is 0.00870. The van der Waals surface area contributed by atoms with Gasteiger partial charge in [0.1, 0.15) is 0 Å². The molecule has 2 radical (unpaired) electrons. The van der Waals surface area contributed by atoms with Crippen molar-refractivity contribution < 1.29 is 9.90 Å². The van der Waals surface area contributed by atoms with E-state index in [1.807, 2.05) is 0 Å². The van der Waals surface area contributed by atoms with Crippen molar-refractivity contribution in [1.82, 2.24) is 0 Å². The van der Waals surface area contributed by atoms with E-state index in [1.165, 1.54) is 70.6 Å². The molecule has 0 aromatic carbocycles. The molecule has 124 valence electrons. The molecule has 0 aliphatic carbocycles. The molecule has 0 heterocycles. The van der Waals surface area contributed by atoms with Gasteiger partial charge in [-0.15, -0.1) is 0 Å². The van der Waals surface area contributed by atoms with E-state index in [1.54, 1.807) is 0 Å². The first-order valence-electron chi connectivity index (χ1n) is 8.64. The van der Waals surface area contributed by atoms with Crippen LogP contribution >= 0.6 is 0 Å². The second-order valence-electron chi connectivity index (χ2n) is 5.73. The van der Waals surface area contributed by atoms with E-state index in [0.717, 1.165) is 12.8 Å². The molecule has 0 saturated carbocycles. The van der Waals surface area contributed by atoms with Gasteiger partial charge < -0.3 is 5.11 Å². The molecule has 2 nitrogen and oxygen atoms in total. The third-order valence-corrected chi connectivity index (χ3v) is 3.65. The van der Waals surface area contributed by atoms with Crippen LogP contribution in [-0.4, -0.2) is 35.0 Å². The van der Waals surface area contributed by atoms with Crippen molar-refractivity contribution in [1.29, 1.82) is 0 Å². The van der Waals surface area contributed by atoms with Crippen LogP contribution in [0.3, 0.4) is 0 Å². The van der Waals surface area contributed by atoms with E-state index >= 15 is 0 Å². The van der Waals surface area contributed by atoms with Crippen LogP contribution in [0.4, 0.5) is 0 Å². The van der Waals surface area contributed by atoms with Crippen molar-refractivity contribution in [3.05, 3.63) is 12.2 Å². The molecular weight excluding hydrogens is 367 g/mol. The molecule has 0 atom stereocenters. The maximum atomic E-state index is 10.3. The SMILES string of the molecule is CCCCCCCCC=CCCCCCCCC(=O)O.[SnH2]. The van der Waals surface area contributed by atoms with Crippen molar-refractivity contribution in [3.8, 4) is 0 Å². The predicted molar refractivity (Wildman–Crippen MR) is 95.6 cm³/mol. The summed E-state index contributed by atoms with van der Waals surface area (Å²) in [5.41, 5.74) is 0. The zero-order chi connectivity index (χ0) is 14.9. The molecule has 0 aliphatic rings. The Morgan fingerprint density at radius 3 is 1.67 bits per heavy atom. The van der Waals surface area contributed by atoms with Crippen molar-refractivity contribution >= 4 is 29.9 Å². The van der Waals surface area contributed by atoms with Gasteiger partial charge in [-0.05, 0) is 32.1 Å². The van der Waals surface area contributed by atoms with Crippen LogP contribution in [0.5, 0.6) is 0 Å². The van der Waals surface area contributed by atoms with Gasteiger partial charge in [0.25, 0.3) is 0 Å². The van der Waals surface area contributed by atoms with Crippen LogP contribution < -0.4 is 0 Å². The molecule has 1 N–H and O–H groups in total. The molecule has 0 aliphatic heterocycles. The molecule has 0 fully saturated rings. The van der Waals surface area contributed by atoms with Gasteiger partial charge in [-0.2, -0.15) is 0 Å². The predicted octanol–water partition coefficient (Wildman–Crippen LogP) is 5.19. The first-order valence-corrected chi connectivity index (χ1v) is 8.64. The first kappa shape index (κ1) is 23.3. The quantitative estimate of drug-likeness (QED) is 0.232. The molecule has 0 unspecified atom stereocenters. The summed E-state index contributed by atoms with van der Waals surface area (Å²) in [6.45, 7) is 2.26. The van der Waals surface area contributed by atoms with Gasteiger partial charge in [0.15, 0.2) is 0 Å². The molecule has 0 aromatic rings. The van der Waals surface area contributed by atoms with Crippen molar-refractivity contribution in [2.24, 2.45) is 0 Å². The van der Waals surface area contributed by atoms with E-state index in [9.17, 15) is 4.79 Å². The van der Waals surface area contributed by atoms with Crippen LogP contribution in [0.1, 0.15) is 96.8 Å². The molecule has 0 saturated heterocycles. The summed E-state index contributed by atoms with van der Waals surface area (Å²) in [6.07, 6.45) is 21.2. The fraction of sp³-hybridized carbons (Fsp3) is 0.833. The number of aliphatic carboxylic acids is 1. The van der Waals surface area contributed by atoms with Gasteiger partial charge in [-0.3, -0.25) is 4.79 Å². The maximum absolute atomic E-state index is 10.3. The average Bonchev–Trinajstić information content (AvgIpc) is 2.43. The molecule has 0 bridgehead atoms. The minimum atomic E-state index is -0.664. The van der Waals surface area contributed by atoms with Gasteiger partial charge in [0.05, 0.1) is 0 Å². The van der Waals surface area contributed by atoms with Gasteiger partial charge in [-0.1, -0.05) is 70.4 Å². The molecule has 21 heavy (non-hydrogen) atoms. The summed E-state index contributed by atoms with van der Waals surface area (Å²) in [6, 6.07) is 0. The second-order valence-corrected chi connectivity index (χ2v) is 5.73. The molecule has 0 rings (SSSR count). The summed E-state index contributed by atoms with van der Waals surface area (Å²) in [5.74, 6) is -0.664. The fourth-order valence-electron chi connectivity index (χ4n) is 2.35. The Morgan fingerprint density at radius 2 is 1.19 bits per heavy atom. The Balaban J connectivity index is 0. The molecule has 0 amide bonds. The normalized spacial score (nSPS) is 10.7. The summed E-state index contributed by atoms with van der Waals surface area (Å²) >= 11 is 0. The van der Waals surface area contributed by atoms with E-state index in [-0.39, 0.29) is 23.9 Å². The molecular formula is C18H36O2Sn. The third kappa shape index (κ3) is 22.4. The number of allylic oxidation sites excluding steroid dienone is 2. The number of hydrogen-bond acceptors (Lipinski definition) is 1. The Labute approximate surface area is 148 Å². The fourth-order valence-corrected chi connectivity index (χ4v) is 2.35. The Kier molecular flexibility index (Phi) is 22.2.